The number of ether oxygens (including phenoxy) is 1. The van der Waals surface area contributed by atoms with Gasteiger partial charge in [0.1, 0.15) is 0 Å². The lowest BCUT2D eigenvalue weighted by Gasteiger charge is -2.37. The lowest BCUT2D eigenvalue weighted by molar-refractivity contribution is -0.0833. The van der Waals surface area contributed by atoms with Gasteiger partial charge in [-0.1, -0.05) is 0 Å². The number of ketones is 1. The van der Waals surface area contributed by atoms with E-state index in [0.717, 1.165) is 30.0 Å². The molecule has 0 unspecified atom stereocenters. The molecule has 0 atom stereocenters. The number of morpholine rings is 1. The summed E-state index contributed by atoms with van der Waals surface area (Å²) in [4.78, 5) is 17.6. The summed E-state index contributed by atoms with van der Waals surface area (Å²) < 4.78 is 5.65. The zero-order valence-corrected chi connectivity index (χ0v) is 11.7. The van der Waals surface area contributed by atoms with Crippen molar-refractivity contribution < 1.29 is 9.53 Å². The first-order valence-corrected chi connectivity index (χ1v) is 6.43. The Hall–Kier alpha value is -1.13. The minimum absolute atomic E-state index is 0.151. The summed E-state index contributed by atoms with van der Waals surface area (Å²) in [5.41, 5.74) is 2.67. The number of nitrogens with zero attached hydrogens (tertiary/aromatic N) is 1. The molecule has 0 amide bonds. The number of rotatable bonds is 3. The molecule has 1 N–H and O–H groups in total. The van der Waals surface area contributed by atoms with Gasteiger partial charge in [0.2, 0.25) is 0 Å². The molecule has 1 aromatic rings. The van der Waals surface area contributed by atoms with Crippen molar-refractivity contribution >= 4 is 5.78 Å². The van der Waals surface area contributed by atoms with Gasteiger partial charge in [-0.25, -0.2) is 0 Å². The standard InChI is InChI=1S/C14H22N2O2/c1-10-7-12(11(2)15-10)13(17)8-16-5-6-18-14(3,4)9-16/h7,15H,5-6,8-9H2,1-4H3. The van der Waals surface area contributed by atoms with Crippen LogP contribution in [0, 0.1) is 13.8 Å². The highest BCUT2D eigenvalue weighted by atomic mass is 16.5. The summed E-state index contributed by atoms with van der Waals surface area (Å²) in [6.45, 7) is 10.9. The molecule has 1 aliphatic heterocycles. The number of hydrogen-bond donors (Lipinski definition) is 1. The zero-order chi connectivity index (χ0) is 13.3. The molecule has 4 heteroatoms. The van der Waals surface area contributed by atoms with Crippen molar-refractivity contribution in [3.8, 4) is 0 Å². The first kappa shape index (κ1) is 13.3. The number of H-pyrrole nitrogens is 1. The fourth-order valence-corrected chi connectivity index (χ4v) is 2.55. The molecular formula is C14H22N2O2. The summed E-state index contributed by atoms with van der Waals surface area (Å²) in [6, 6.07) is 1.93. The minimum Gasteiger partial charge on any atom is -0.373 e. The third-order valence-corrected chi connectivity index (χ3v) is 3.32. The molecule has 0 radical (unpaired) electrons. The topological polar surface area (TPSA) is 45.3 Å². The molecule has 2 rings (SSSR count). The molecule has 1 aromatic heterocycles. The Bertz CT molecular complexity index is 449. The van der Waals surface area contributed by atoms with Gasteiger partial charge < -0.3 is 9.72 Å². The van der Waals surface area contributed by atoms with Crippen LogP contribution in [0.1, 0.15) is 35.6 Å². The second kappa shape index (κ2) is 4.86. The van der Waals surface area contributed by atoms with Crippen LogP contribution in [0.2, 0.25) is 0 Å². The molecule has 0 aromatic carbocycles. The summed E-state index contributed by atoms with van der Waals surface area (Å²) >= 11 is 0. The van der Waals surface area contributed by atoms with Gasteiger partial charge in [-0.2, -0.15) is 0 Å². The van der Waals surface area contributed by atoms with Gasteiger partial charge in [0.15, 0.2) is 5.78 Å². The highest BCUT2D eigenvalue weighted by Crippen LogP contribution is 2.17. The lowest BCUT2D eigenvalue weighted by atomic mass is 10.1. The number of aryl methyl sites for hydroxylation is 2. The zero-order valence-electron chi connectivity index (χ0n) is 11.7. The molecule has 4 nitrogen and oxygen atoms in total. The van der Waals surface area contributed by atoms with E-state index < -0.39 is 0 Å². The Morgan fingerprint density at radius 3 is 2.78 bits per heavy atom. The highest BCUT2D eigenvalue weighted by Gasteiger charge is 2.28. The summed E-state index contributed by atoms with van der Waals surface area (Å²) in [5, 5.41) is 0. The predicted octanol–water partition coefficient (Wildman–Crippen LogP) is 1.93. The molecule has 0 spiro atoms. The van der Waals surface area contributed by atoms with E-state index >= 15 is 0 Å². The van der Waals surface area contributed by atoms with Crippen LogP contribution in [0.5, 0.6) is 0 Å². The van der Waals surface area contributed by atoms with Crippen molar-refractivity contribution in [3.63, 3.8) is 0 Å². The van der Waals surface area contributed by atoms with Crippen LogP contribution in [0.25, 0.3) is 0 Å². The highest BCUT2D eigenvalue weighted by molar-refractivity contribution is 5.98. The van der Waals surface area contributed by atoms with E-state index in [9.17, 15) is 4.79 Å². The van der Waals surface area contributed by atoms with Gasteiger partial charge in [0, 0.05) is 30.0 Å². The number of hydrogen-bond acceptors (Lipinski definition) is 3. The van der Waals surface area contributed by atoms with E-state index in [2.05, 4.69) is 23.7 Å². The summed E-state index contributed by atoms with van der Waals surface area (Å²) in [6.07, 6.45) is 0. The second-order valence-corrected chi connectivity index (χ2v) is 5.73. The maximum Gasteiger partial charge on any atom is 0.178 e. The van der Waals surface area contributed by atoms with E-state index in [1.165, 1.54) is 0 Å². The molecule has 0 aliphatic carbocycles. The van der Waals surface area contributed by atoms with Gasteiger partial charge in [0.05, 0.1) is 18.8 Å². The second-order valence-electron chi connectivity index (χ2n) is 5.73. The van der Waals surface area contributed by atoms with E-state index in [0.29, 0.717) is 13.2 Å². The first-order valence-electron chi connectivity index (χ1n) is 6.43. The van der Waals surface area contributed by atoms with Gasteiger partial charge in [0.25, 0.3) is 0 Å². The van der Waals surface area contributed by atoms with Crippen LogP contribution in [0.3, 0.4) is 0 Å². The smallest absolute Gasteiger partial charge is 0.178 e. The van der Waals surface area contributed by atoms with Gasteiger partial charge in [-0.15, -0.1) is 0 Å². The van der Waals surface area contributed by atoms with Crippen molar-refractivity contribution in [1.82, 2.24) is 9.88 Å². The number of aromatic amines is 1. The minimum atomic E-state index is -0.151. The largest absolute Gasteiger partial charge is 0.373 e. The fourth-order valence-electron chi connectivity index (χ4n) is 2.55. The van der Waals surface area contributed by atoms with Crippen LogP contribution < -0.4 is 0 Å². The molecule has 1 saturated heterocycles. The van der Waals surface area contributed by atoms with E-state index in [-0.39, 0.29) is 11.4 Å². The van der Waals surface area contributed by atoms with E-state index in [4.69, 9.17) is 4.74 Å². The quantitative estimate of drug-likeness (QED) is 0.834. The lowest BCUT2D eigenvalue weighted by Crippen LogP contribution is -2.49. The van der Waals surface area contributed by atoms with Crippen molar-refractivity contribution in [1.29, 1.82) is 0 Å². The third-order valence-electron chi connectivity index (χ3n) is 3.32. The Morgan fingerprint density at radius 2 is 2.22 bits per heavy atom. The third kappa shape index (κ3) is 3.00. The Morgan fingerprint density at radius 1 is 1.50 bits per heavy atom. The molecule has 18 heavy (non-hydrogen) atoms. The van der Waals surface area contributed by atoms with Crippen LogP contribution in [0.4, 0.5) is 0 Å². The molecule has 0 saturated carbocycles. The summed E-state index contributed by atoms with van der Waals surface area (Å²) in [5.74, 6) is 0.189. The summed E-state index contributed by atoms with van der Waals surface area (Å²) in [7, 11) is 0. The average Bonchev–Trinajstić information content (AvgIpc) is 2.56. The molecular weight excluding hydrogens is 228 g/mol. The van der Waals surface area contributed by atoms with Crippen molar-refractivity contribution in [3.05, 3.63) is 23.0 Å². The van der Waals surface area contributed by atoms with Crippen molar-refractivity contribution in [2.45, 2.75) is 33.3 Å². The normalized spacial score (nSPS) is 20.0. The predicted molar refractivity (Wildman–Crippen MR) is 71.1 cm³/mol. The number of carbonyl (C=O) groups excluding carboxylic acids is 1. The van der Waals surface area contributed by atoms with Gasteiger partial charge in [-0.3, -0.25) is 9.69 Å². The van der Waals surface area contributed by atoms with Crippen LogP contribution in [-0.4, -0.2) is 47.5 Å². The fraction of sp³-hybridized carbons (Fsp3) is 0.643. The van der Waals surface area contributed by atoms with Crippen LogP contribution in [0.15, 0.2) is 6.07 Å². The molecule has 1 fully saturated rings. The van der Waals surface area contributed by atoms with E-state index in [1.54, 1.807) is 0 Å². The number of aromatic nitrogens is 1. The average molecular weight is 250 g/mol. The first-order chi connectivity index (χ1) is 8.37. The Kier molecular flexibility index (Phi) is 3.59. The maximum atomic E-state index is 12.3. The molecule has 1 aliphatic rings. The van der Waals surface area contributed by atoms with Crippen molar-refractivity contribution in [2.75, 3.05) is 26.2 Å². The number of nitrogens with one attached hydrogen (secondary N) is 1. The van der Waals surface area contributed by atoms with Gasteiger partial charge in [-0.05, 0) is 33.8 Å². The maximum absolute atomic E-state index is 12.3. The monoisotopic (exact) mass is 250 g/mol. The molecule has 0 bridgehead atoms. The van der Waals surface area contributed by atoms with E-state index in [1.807, 2.05) is 19.9 Å². The number of carbonyl (C=O) groups is 1. The van der Waals surface area contributed by atoms with Gasteiger partial charge >= 0.3 is 0 Å². The number of Topliss-reactive ketones (excluding diaryl/α,β-unsaturated/α-hetero) is 1. The Labute approximate surface area is 108 Å². The van der Waals surface area contributed by atoms with Crippen LogP contribution >= 0.6 is 0 Å². The SMILES string of the molecule is Cc1cc(C(=O)CN2CCOC(C)(C)C2)c(C)[nH]1. The van der Waals surface area contributed by atoms with Crippen LogP contribution in [-0.2, 0) is 4.74 Å². The molecule has 100 valence electrons. The molecule has 2 heterocycles. The Balaban J connectivity index is 2.01. The van der Waals surface area contributed by atoms with Crippen molar-refractivity contribution in [2.24, 2.45) is 0 Å².